The Morgan fingerprint density at radius 2 is 1.52 bits per heavy atom. The van der Waals surface area contributed by atoms with E-state index >= 15 is 0 Å². The zero-order valence-corrected chi connectivity index (χ0v) is 19.5. The first-order valence-electron chi connectivity index (χ1n) is 11.3. The monoisotopic (exact) mass is 449 g/mol. The van der Waals surface area contributed by atoms with E-state index in [2.05, 4.69) is 13.8 Å². The van der Waals surface area contributed by atoms with Gasteiger partial charge in [-0.05, 0) is 30.7 Å². The number of amides is 2. The smallest absolute Gasteiger partial charge is 0.225 e. The van der Waals surface area contributed by atoms with Crippen LogP contribution in [-0.4, -0.2) is 73.6 Å². The molecule has 0 spiro atoms. The Labute approximate surface area is 186 Å². The summed E-state index contributed by atoms with van der Waals surface area (Å²) in [6, 6.07) is 9.19. The summed E-state index contributed by atoms with van der Waals surface area (Å²) < 4.78 is 27.0. The summed E-state index contributed by atoms with van der Waals surface area (Å²) in [5.41, 5.74) is 0.779. The van der Waals surface area contributed by atoms with E-state index in [-0.39, 0.29) is 23.5 Å². The molecule has 0 aliphatic carbocycles. The molecule has 1 aromatic rings. The van der Waals surface area contributed by atoms with E-state index in [1.165, 1.54) is 4.31 Å². The van der Waals surface area contributed by atoms with Crippen LogP contribution in [0.3, 0.4) is 0 Å². The second kappa shape index (κ2) is 10.6. The van der Waals surface area contributed by atoms with Gasteiger partial charge in [-0.3, -0.25) is 9.59 Å². The van der Waals surface area contributed by atoms with E-state index in [1.54, 1.807) is 0 Å². The van der Waals surface area contributed by atoms with Crippen molar-refractivity contribution in [1.82, 2.24) is 14.1 Å². The van der Waals surface area contributed by atoms with Crippen molar-refractivity contribution in [2.75, 3.05) is 39.3 Å². The average Bonchev–Trinajstić information content (AvgIpc) is 2.77. The topological polar surface area (TPSA) is 78.0 Å². The molecular weight excluding hydrogens is 414 g/mol. The maximum atomic E-state index is 12.9. The van der Waals surface area contributed by atoms with Crippen molar-refractivity contribution in [3.63, 3.8) is 0 Å². The van der Waals surface area contributed by atoms with Crippen molar-refractivity contribution in [1.29, 1.82) is 0 Å². The summed E-state index contributed by atoms with van der Waals surface area (Å²) in [6.07, 6.45) is 2.58. The largest absolute Gasteiger partial charge is 0.339 e. The number of carbonyl (C=O) groups excluding carboxylic acids is 2. The van der Waals surface area contributed by atoms with Gasteiger partial charge in [0, 0.05) is 51.6 Å². The molecule has 8 heteroatoms. The van der Waals surface area contributed by atoms with Gasteiger partial charge in [0.1, 0.15) is 0 Å². The van der Waals surface area contributed by atoms with E-state index in [4.69, 9.17) is 0 Å². The summed E-state index contributed by atoms with van der Waals surface area (Å²) in [5, 5.41) is 0. The Bertz CT molecular complexity index is 841. The number of piperidine rings is 1. The molecule has 0 saturated carbocycles. The number of benzene rings is 1. The highest BCUT2D eigenvalue weighted by Crippen LogP contribution is 2.24. The van der Waals surface area contributed by atoms with E-state index < -0.39 is 10.0 Å². The van der Waals surface area contributed by atoms with Crippen LogP contribution < -0.4 is 0 Å². The normalized spacial score (nSPS) is 19.1. The first kappa shape index (κ1) is 23.7. The Balaban J connectivity index is 1.45. The molecule has 0 N–H and O–H groups in total. The van der Waals surface area contributed by atoms with Crippen LogP contribution in [-0.2, 0) is 25.4 Å². The summed E-state index contributed by atoms with van der Waals surface area (Å²) >= 11 is 0. The molecule has 172 valence electrons. The third kappa shape index (κ3) is 6.53. The molecule has 2 aliphatic rings. The van der Waals surface area contributed by atoms with Crippen molar-refractivity contribution in [3.05, 3.63) is 35.9 Å². The second-order valence-electron chi connectivity index (χ2n) is 9.05. The fourth-order valence-electron chi connectivity index (χ4n) is 4.26. The van der Waals surface area contributed by atoms with Crippen LogP contribution >= 0.6 is 0 Å². The van der Waals surface area contributed by atoms with Crippen LogP contribution in [0.25, 0.3) is 0 Å². The Morgan fingerprint density at radius 3 is 2.10 bits per heavy atom. The fourth-order valence-corrected chi connectivity index (χ4v) is 5.83. The summed E-state index contributed by atoms with van der Waals surface area (Å²) in [7, 11) is -3.37. The molecule has 2 saturated heterocycles. The quantitative estimate of drug-likeness (QED) is 0.640. The lowest BCUT2D eigenvalue weighted by atomic mass is 9.96. The van der Waals surface area contributed by atoms with Gasteiger partial charge >= 0.3 is 0 Å². The van der Waals surface area contributed by atoms with Crippen molar-refractivity contribution in [3.8, 4) is 0 Å². The van der Waals surface area contributed by atoms with Gasteiger partial charge in [0.05, 0.1) is 5.75 Å². The minimum atomic E-state index is -3.37. The van der Waals surface area contributed by atoms with E-state index in [0.29, 0.717) is 64.4 Å². The van der Waals surface area contributed by atoms with Gasteiger partial charge in [-0.15, -0.1) is 0 Å². The molecule has 31 heavy (non-hydrogen) atoms. The minimum Gasteiger partial charge on any atom is -0.339 e. The van der Waals surface area contributed by atoms with Crippen LogP contribution in [0.15, 0.2) is 30.3 Å². The number of hydrogen-bond donors (Lipinski definition) is 0. The molecule has 2 aliphatic heterocycles. The highest BCUT2D eigenvalue weighted by molar-refractivity contribution is 7.88. The fraction of sp³-hybridized carbons (Fsp3) is 0.652. The molecule has 2 amide bonds. The lowest BCUT2D eigenvalue weighted by molar-refractivity contribution is -0.143. The number of piperazine rings is 1. The van der Waals surface area contributed by atoms with Gasteiger partial charge in [0.25, 0.3) is 0 Å². The summed E-state index contributed by atoms with van der Waals surface area (Å²) in [4.78, 5) is 29.0. The predicted molar refractivity (Wildman–Crippen MR) is 121 cm³/mol. The lowest BCUT2D eigenvalue weighted by Gasteiger charge is -2.38. The molecule has 7 nitrogen and oxygen atoms in total. The highest BCUT2D eigenvalue weighted by Gasteiger charge is 2.34. The maximum absolute atomic E-state index is 12.9. The molecule has 2 heterocycles. The van der Waals surface area contributed by atoms with Crippen molar-refractivity contribution in [2.45, 2.75) is 45.3 Å². The number of hydrogen-bond acceptors (Lipinski definition) is 4. The molecule has 1 aromatic carbocycles. The first-order chi connectivity index (χ1) is 14.8. The van der Waals surface area contributed by atoms with Gasteiger partial charge in [-0.1, -0.05) is 44.2 Å². The maximum Gasteiger partial charge on any atom is 0.225 e. The van der Waals surface area contributed by atoms with Crippen LogP contribution in [0.5, 0.6) is 0 Å². The lowest BCUT2D eigenvalue weighted by Crippen LogP contribution is -2.53. The average molecular weight is 450 g/mol. The summed E-state index contributed by atoms with van der Waals surface area (Å²) in [6.45, 7) is 7.32. The van der Waals surface area contributed by atoms with Crippen LogP contribution in [0, 0.1) is 11.8 Å². The van der Waals surface area contributed by atoms with Crippen LogP contribution in [0.1, 0.15) is 45.1 Å². The van der Waals surface area contributed by atoms with E-state index in [1.807, 2.05) is 40.1 Å². The van der Waals surface area contributed by atoms with Crippen molar-refractivity contribution < 1.29 is 18.0 Å². The van der Waals surface area contributed by atoms with Crippen LogP contribution in [0.2, 0.25) is 0 Å². The molecule has 2 fully saturated rings. The zero-order valence-electron chi connectivity index (χ0n) is 18.7. The molecule has 0 radical (unpaired) electrons. The van der Waals surface area contributed by atoms with E-state index in [0.717, 1.165) is 12.0 Å². The Hall–Kier alpha value is -1.93. The van der Waals surface area contributed by atoms with Gasteiger partial charge in [-0.2, -0.15) is 0 Å². The molecule has 3 rings (SSSR count). The Morgan fingerprint density at radius 1 is 0.935 bits per heavy atom. The number of rotatable bonds is 7. The first-order valence-corrected chi connectivity index (χ1v) is 13.0. The Kier molecular flexibility index (Phi) is 8.11. The third-order valence-corrected chi connectivity index (χ3v) is 8.12. The molecule has 0 atom stereocenters. The molecule has 0 unspecified atom stereocenters. The predicted octanol–water partition coefficient (Wildman–Crippen LogP) is 2.34. The molecule has 0 bridgehead atoms. The molecular formula is C23H35N3O4S. The number of carbonyl (C=O) groups is 2. The third-order valence-electron chi connectivity index (χ3n) is 6.27. The van der Waals surface area contributed by atoms with E-state index in [9.17, 15) is 18.0 Å². The van der Waals surface area contributed by atoms with Gasteiger partial charge in [0.2, 0.25) is 21.8 Å². The SMILES string of the molecule is CC(C)CCC(=O)N1CCN(C(=O)C2CCN(S(=O)(=O)Cc3ccccc3)CC2)CC1. The zero-order chi connectivity index (χ0) is 22.4. The van der Waals surface area contributed by atoms with Gasteiger partial charge < -0.3 is 9.80 Å². The number of nitrogens with zero attached hydrogens (tertiary/aromatic N) is 3. The minimum absolute atomic E-state index is 0.000743. The molecule has 0 aromatic heterocycles. The van der Waals surface area contributed by atoms with Crippen molar-refractivity contribution in [2.24, 2.45) is 11.8 Å². The van der Waals surface area contributed by atoms with Crippen LogP contribution in [0.4, 0.5) is 0 Å². The summed E-state index contributed by atoms with van der Waals surface area (Å²) in [5.74, 6) is 0.659. The number of sulfonamides is 1. The second-order valence-corrected chi connectivity index (χ2v) is 11.0. The highest BCUT2D eigenvalue weighted by atomic mass is 32.2. The standard InChI is InChI=1S/C23H35N3O4S/c1-19(2)8-9-22(27)24-14-16-25(17-15-24)23(28)21-10-12-26(13-11-21)31(29,30)18-20-6-4-3-5-7-20/h3-7,19,21H,8-18H2,1-2H3. The van der Waals surface area contributed by atoms with Crippen molar-refractivity contribution >= 4 is 21.8 Å². The van der Waals surface area contributed by atoms with Gasteiger partial charge in [-0.25, -0.2) is 12.7 Å². The van der Waals surface area contributed by atoms with Gasteiger partial charge in [0.15, 0.2) is 0 Å².